The number of halogens is 2. The molecule has 1 amide bonds. The van der Waals surface area contributed by atoms with E-state index >= 15 is 0 Å². The molecule has 0 bridgehead atoms. The van der Waals surface area contributed by atoms with Gasteiger partial charge < -0.3 is 10.6 Å². The molecule has 1 aromatic carbocycles. The Balaban J connectivity index is 2.07. The molecule has 2 N–H and O–H groups in total. The van der Waals surface area contributed by atoms with Crippen LogP contribution in [0.5, 0.6) is 0 Å². The van der Waals surface area contributed by atoms with Crippen molar-refractivity contribution in [3.63, 3.8) is 0 Å². The van der Waals surface area contributed by atoms with Crippen LogP contribution in [0.15, 0.2) is 16.6 Å². The first-order chi connectivity index (χ1) is 8.97. The minimum Gasteiger partial charge on any atom is -0.370 e. The van der Waals surface area contributed by atoms with Gasteiger partial charge in [0, 0.05) is 18.2 Å². The first kappa shape index (κ1) is 13.7. The number of hydrogen-bond donors (Lipinski definition) is 2. The molecule has 0 atom stereocenters. The fraction of sp³-hybridized carbons (Fsp3) is 0.364. The molecule has 102 valence electrons. The number of nitrogens with one attached hydrogen (secondary N) is 2. The number of nitrogens with zero attached hydrogens (tertiary/aromatic N) is 1. The Bertz CT molecular complexity index is 534. The first-order valence-electron chi connectivity index (χ1n) is 5.64. The summed E-state index contributed by atoms with van der Waals surface area (Å²) in [4.78, 5) is 21.7. The summed E-state index contributed by atoms with van der Waals surface area (Å²) in [6.07, 6.45) is 1.91. The molecule has 6 nitrogen and oxygen atoms in total. The maximum Gasteiger partial charge on any atom is 0.293 e. The highest BCUT2D eigenvalue weighted by Crippen LogP contribution is 2.30. The number of carbonyl (C=O) groups is 1. The highest BCUT2D eigenvalue weighted by Gasteiger charge is 2.23. The van der Waals surface area contributed by atoms with Crippen LogP contribution in [0.1, 0.15) is 12.8 Å². The normalized spacial score (nSPS) is 14.0. The molecule has 0 heterocycles. The van der Waals surface area contributed by atoms with E-state index in [4.69, 9.17) is 0 Å². The molecule has 0 saturated heterocycles. The third-order valence-corrected chi connectivity index (χ3v) is 3.22. The minimum absolute atomic E-state index is 0.00665. The van der Waals surface area contributed by atoms with E-state index in [2.05, 4.69) is 26.6 Å². The number of benzene rings is 1. The lowest BCUT2D eigenvalue weighted by Crippen LogP contribution is -2.31. The smallest absolute Gasteiger partial charge is 0.293 e. The quantitative estimate of drug-likeness (QED) is 0.639. The van der Waals surface area contributed by atoms with Crippen molar-refractivity contribution in [2.24, 2.45) is 0 Å². The van der Waals surface area contributed by atoms with Crippen LogP contribution in [-0.4, -0.2) is 23.4 Å². The molecule has 1 aliphatic rings. The largest absolute Gasteiger partial charge is 0.370 e. The van der Waals surface area contributed by atoms with E-state index in [9.17, 15) is 19.3 Å². The van der Waals surface area contributed by atoms with Crippen LogP contribution in [0, 0.1) is 15.9 Å². The van der Waals surface area contributed by atoms with Crippen molar-refractivity contribution < 1.29 is 14.1 Å². The second kappa shape index (κ2) is 5.52. The Hall–Kier alpha value is -1.70. The van der Waals surface area contributed by atoms with E-state index in [1.165, 1.54) is 0 Å². The van der Waals surface area contributed by atoms with Gasteiger partial charge >= 0.3 is 0 Å². The van der Waals surface area contributed by atoms with Gasteiger partial charge in [0.05, 0.1) is 15.9 Å². The second-order valence-corrected chi connectivity index (χ2v) is 5.09. The average Bonchev–Trinajstić information content (AvgIpc) is 3.13. The Morgan fingerprint density at radius 2 is 2.21 bits per heavy atom. The van der Waals surface area contributed by atoms with Crippen molar-refractivity contribution in [1.29, 1.82) is 0 Å². The van der Waals surface area contributed by atoms with E-state index in [1.807, 2.05) is 0 Å². The maximum atomic E-state index is 13.4. The molecule has 1 saturated carbocycles. The van der Waals surface area contributed by atoms with E-state index in [1.54, 1.807) is 0 Å². The molecule has 0 aliphatic heterocycles. The summed E-state index contributed by atoms with van der Waals surface area (Å²) in [5, 5.41) is 16.1. The zero-order chi connectivity index (χ0) is 14.0. The van der Waals surface area contributed by atoms with E-state index < -0.39 is 10.7 Å². The molecule has 2 rings (SSSR count). The van der Waals surface area contributed by atoms with Gasteiger partial charge in [0.25, 0.3) is 5.69 Å². The van der Waals surface area contributed by atoms with Gasteiger partial charge in [-0.25, -0.2) is 4.39 Å². The number of anilines is 1. The fourth-order valence-electron chi connectivity index (χ4n) is 1.51. The molecule has 0 radical (unpaired) electrons. The molecule has 19 heavy (non-hydrogen) atoms. The molecule has 1 fully saturated rings. The Morgan fingerprint density at radius 1 is 1.53 bits per heavy atom. The molecule has 0 spiro atoms. The number of amides is 1. The van der Waals surface area contributed by atoms with Crippen LogP contribution in [0.4, 0.5) is 15.8 Å². The van der Waals surface area contributed by atoms with Crippen molar-refractivity contribution in [1.82, 2.24) is 5.32 Å². The lowest BCUT2D eigenvalue weighted by atomic mass is 10.2. The molecular formula is C11H11BrFN3O3. The van der Waals surface area contributed by atoms with Gasteiger partial charge in [0.1, 0.15) is 11.5 Å². The topological polar surface area (TPSA) is 84.3 Å². The van der Waals surface area contributed by atoms with Crippen LogP contribution in [0.2, 0.25) is 0 Å². The zero-order valence-corrected chi connectivity index (χ0v) is 11.4. The summed E-state index contributed by atoms with van der Waals surface area (Å²) in [6, 6.07) is 2.27. The summed E-state index contributed by atoms with van der Waals surface area (Å²) >= 11 is 2.88. The van der Waals surface area contributed by atoms with Crippen LogP contribution in [-0.2, 0) is 4.79 Å². The van der Waals surface area contributed by atoms with Crippen LogP contribution >= 0.6 is 15.9 Å². The predicted molar refractivity (Wildman–Crippen MR) is 70.4 cm³/mol. The van der Waals surface area contributed by atoms with Crippen LogP contribution < -0.4 is 10.6 Å². The summed E-state index contributed by atoms with van der Waals surface area (Å²) in [5.74, 6) is -0.893. The lowest BCUT2D eigenvalue weighted by Gasteiger charge is -2.08. The Labute approximate surface area is 116 Å². The van der Waals surface area contributed by atoms with Crippen molar-refractivity contribution >= 4 is 33.2 Å². The first-order valence-corrected chi connectivity index (χ1v) is 6.43. The van der Waals surface area contributed by atoms with Crippen LogP contribution in [0.25, 0.3) is 0 Å². The summed E-state index contributed by atoms with van der Waals surface area (Å²) in [5.41, 5.74) is -0.302. The highest BCUT2D eigenvalue weighted by molar-refractivity contribution is 9.10. The zero-order valence-electron chi connectivity index (χ0n) is 9.78. The highest BCUT2D eigenvalue weighted by atomic mass is 79.9. The van der Waals surface area contributed by atoms with Gasteiger partial charge in [-0.3, -0.25) is 14.9 Å². The van der Waals surface area contributed by atoms with Crippen molar-refractivity contribution in [2.45, 2.75) is 18.9 Å². The van der Waals surface area contributed by atoms with Crippen molar-refractivity contribution in [3.05, 3.63) is 32.5 Å². The fourth-order valence-corrected chi connectivity index (χ4v) is 1.84. The predicted octanol–water partition coefficient (Wildman–Crippen LogP) is 2.19. The van der Waals surface area contributed by atoms with Gasteiger partial charge in [-0.15, -0.1) is 0 Å². The standard InChI is InChI=1S/C11H11BrFN3O3/c12-7-3-10(16(18)19)9(4-8(7)13)14-5-11(17)15-6-1-2-6/h3-4,6,14H,1-2,5H2,(H,15,17). The van der Waals surface area contributed by atoms with E-state index in [0.29, 0.717) is 0 Å². The number of carbonyl (C=O) groups excluding carboxylic acids is 1. The summed E-state index contributed by atoms with van der Waals surface area (Å²) in [7, 11) is 0. The van der Waals surface area contributed by atoms with Gasteiger partial charge in [0.2, 0.25) is 5.91 Å². The van der Waals surface area contributed by atoms with Crippen LogP contribution in [0.3, 0.4) is 0 Å². The average molecular weight is 332 g/mol. The molecule has 1 aromatic rings. The number of hydrogen-bond acceptors (Lipinski definition) is 4. The van der Waals surface area contributed by atoms with E-state index in [-0.39, 0.29) is 34.3 Å². The summed E-state index contributed by atoms with van der Waals surface area (Å²) in [6.45, 7) is -0.127. The van der Waals surface area contributed by atoms with Gasteiger partial charge in [-0.1, -0.05) is 0 Å². The van der Waals surface area contributed by atoms with Crippen molar-refractivity contribution in [3.8, 4) is 0 Å². The maximum absolute atomic E-state index is 13.4. The van der Waals surface area contributed by atoms with Crippen molar-refractivity contribution in [2.75, 3.05) is 11.9 Å². The minimum atomic E-state index is -0.634. The monoisotopic (exact) mass is 331 g/mol. The third kappa shape index (κ3) is 3.63. The number of nitro benzene ring substituents is 1. The molecule has 0 unspecified atom stereocenters. The molecular weight excluding hydrogens is 321 g/mol. The van der Waals surface area contributed by atoms with Gasteiger partial charge in [-0.05, 0) is 28.8 Å². The number of rotatable bonds is 5. The molecule has 8 heteroatoms. The third-order valence-electron chi connectivity index (χ3n) is 2.62. The van der Waals surface area contributed by atoms with Gasteiger partial charge in [0.15, 0.2) is 0 Å². The van der Waals surface area contributed by atoms with E-state index in [0.717, 1.165) is 25.0 Å². The molecule has 0 aromatic heterocycles. The van der Waals surface area contributed by atoms with Gasteiger partial charge in [-0.2, -0.15) is 0 Å². The second-order valence-electron chi connectivity index (χ2n) is 4.24. The number of nitro groups is 1. The lowest BCUT2D eigenvalue weighted by molar-refractivity contribution is -0.384. The summed E-state index contributed by atoms with van der Waals surface area (Å²) < 4.78 is 13.4. The SMILES string of the molecule is O=C(CNc1cc(F)c(Br)cc1[N+](=O)[O-])NC1CC1. The molecule has 1 aliphatic carbocycles. The Kier molecular flexibility index (Phi) is 3.98. The Morgan fingerprint density at radius 3 is 2.79 bits per heavy atom.